The third-order valence-electron chi connectivity index (χ3n) is 1.56. The minimum Gasteiger partial charge on any atom is -0.465 e. The van der Waals surface area contributed by atoms with E-state index in [0.717, 1.165) is 0 Å². The number of nitriles is 1. The summed E-state index contributed by atoms with van der Waals surface area (Å²) in [6, 6.07) is 4.44. The topological polar surface area (TPSA) is 80.1 Å². The van der Waals surface area contributed by atoms with Crippen LogP contribution in [0.15, 0.2) is 12.1 Å². The predicted molar refractivity (Wildman–Crippen MR) is 45.7 cm³/mol. The van der Waals surface area contributed by atoms with E-state index >= 15 is 0 Å². The van der Waals surface area contributed by atoms with E-state index in [1.807, 2.05) is 0 Å². The summed E-state index contributed by atoms with van der Waals surface area (Å²) >= 11 is 0. The van der Waals surface area contributed by atoms with Crippen molar-refractivity contribution in [3.63, 3.8) is 0 Å². The SMILES string of the molecule is COC(=O)c1ccc(C#N)nc1C=O. The second kappa shape index (κ2) is 4.14. The van der Waals surface area contributed by atoms with Crippen LogP contribution in [0.25, 0.3) is 0 Å². The maximum Gasteiger partial charge on any atom is 0.340 e. The quantitative estimate of drug-likeness (QED) is 0.502. The van der Waals surface area contributed by atoms with E-state index in [1.165, 1.54) is 19.2 Å². The Morgan fingerprint density at radius 3 is 2.86 bits per heavy atom. The van der Waals surface area contributed by atoms with E-state index in [0.29, 0.717) is 6.29 Å². The van der Waals surface area contributed by atoms with Gasteiger partial charge >= 0.3 is 5.97 Å². The molecule has 0 atom stereocenters. The molecule has 0 aromatic carbocycles. The van der Waals surface area contributed by atoms with Crippen LogP contribution in [0.5, 0.6) is 0 Å². The summed E-state index contributed by atoms with van der Waals surface area (Å²) in [5, 5.41) is 8.50. The molecule has 1 heterocycles. The highest BCUT2D eigenvalue weighted by atomic mass is 16.5. The molecule has 0 N–H and O–H groups in total. The van der Waals surface area contributed by atoms with E-state index in [2.05, 4.69) is 9.72 Å². The van der Waals surface area contributed by atoms with Gasteiger partial charge in [-0.2, -0.15) is 5.26 Å². The molecule has 0 fully saturated rings. The van der Waals surface area contributed by atoms with Crippen LogP contribution in [0, 0.1) is 11.3 Å². The van der Waals surface area contributed by atoms with E-state index in [-0.39, 0.29) is 17.0 Å². The number of aromatic nitrogens is 1. The van der Waals surface area contributed by atoms with Crippen LogP contribution in [0.1, 0.15) is 26.5 Å². The lowest BCUT2D eigenvalue weighted by molar-refractivity contribution is 0.0597. The van der Waals surface area contributed by atoms with Crippen molar-refractivity contribution in [1.82, 2.24) is 4.98 Å². The lowest BCUT2D eigenvalue weighted by Crippen LogP contribution is -2.07. The Kier molecular flexibility index (Phi) is 2.92. The summed E-state index contributed by atoms with van der Waals surface area (Å²) in [5.74, 6) is -0.649. The minimum atomic E-state index is -0.649. The molecule has 0 bridgehead atoms. The molecular weight excluding hydrogens is 184 g/mol. The highest BCUT2D eigenvalue weighted by molar-refractivity contribution is 5.97. The lowest BCUT2D eigenvalue weighted by Gasteiger charge is -2.00. The molecule has 0 aliphatic rings. The smallest absolute Gasteiger partial charge is 0.340 e. The third-order valence-corrected chi connectivity index (χ3v) is 1.56. The Balaban J connectivity index is 3.26. The average Bonchev–Trinajstić information content (AvgIpc) is 2.27. The van der Waals surface area contributed by atoms with Gasteiger partial charge < -0.3 is 4.74 Å². The van der Waals surface area contributed by atoms with Crippen LogP contribution < -0.4 is 0 Å². The lowest BCUT2D eigenvalue weighted by atomic mass is 10.2. The van der Waals surface area contributed by atoms with Gasteiger partial charge in [0.15, 0.2) is 6.29 Å². The number of nitrogens with zero attached hydrogens (tertiary/aromatic N) is 2. The summed E-state index contributed by atoms with van der Waals surface area (Å²) in [7, 11) is 1.20. The largest absolute Gasteiger partial charge is 0.465 e. The molecule has 1 aromatic rings. The summed E-state index contributed by atoms with van der Waals surface area (Å²) in [6.07, 6.45) is 0.410. The number of ether oxygens (including phenoxy) is 1. The average molecular weight is 190 g/mol. The highest BCUT2D eigenvalue weighted by Gasteiger charge is 2.12. The predicted octanol–water partition coefficient (Wildman–Crippen LogP) is 0.552. The molecule has 1 aromatic heterocycles. The van der Waals surface area contributed by atoms with Crippen LogP contribution >= 0.6 is 0 Å². The fourth-order valence-electron chi connectivity index (χ4n) is 0.910. The number of pyridine rings is 1. The number of esters is 1. The molecule has 0 spiro atoms. The van der Waals surface area contributed by atoms with Crippen molar-refractivity contribution in [2.24, 2.45) is 0 Å². The fourth-order valence-corrected chi connectivity index (χ4v) is 0.910. The molecule has 5 heteroatoms. The van der Waals surface area contributed by atoms with Gasteiger partial charge in [0.25, 0.3) is 0 Å². The number of carbonyl (C=O) groups is 2. The number of rotatable bonds is 2. The van der Waals surface area contributed by atoms with Crippen molar-refractivity contribution < 1.29 is 14.3 Å². The zero-order chi connectivity index (χ0) is 10.6. The Morgan fingerprint density at radius 2 is 2.36 bits per heavy atom. The number of aldehydes is 1. The number of carbonyl (C=O) groups excluding carboxylic acids is 2. The van der Waals surface area contributed by atoms with Gasteiger partial charge in [0, 0.05) is 0 Å². The molecule has 0 aliphatic carbocycles. The molecule has 1 rings (SSSR count). The first-order valence-electron chi connectivity index (χ1n) is 3.67. The van der Waals surface area contributed by atoms with E-state index in [4.69, 9.17) is 5.26 Å². The first kappa shape index (κ1) is 9.86. The molecular formula is C9H6N2O3. The second-order valence-electron chi connectivity index (χ2n) is 2.35. The number of hydrogen-bond donors (Lipinski definition) is 0. The molecule has 70 valence electrons. The molecule has 0 amide bonds. The Morgan fingerprint density at radius 1 is 1.64 bits per heavy atom. The fraction of sp³-hybridized carbons (Fsp3) is 0.111. The van der Waals surface area contributed by atoms with Crippen LogP contribution in [-0.4, -0.2) is 24.3 Å². The molecule has 14 heavy (non-hydrogen) atoms. The molecule has 0 aliphatic heterocycles. The maximum atomic E-state index is 11.1. The Labute approximate surface area is 79.9 Å². The summed E-state index contributed by atoms with van der Waals surface area (Å²) in [5.41, 5.74) is 0.0529. The van der Waals surface area contributed by atoms with Crippen LogP contribution in [0.2, 0.25) is 0 Å². The molecule has 5 nitrogen and oxygen atoms in total. The van der Waals surface area contributed by atoms with Gasteiger partial charge in [-0.05, 0) is 12.1 Å². The normalized spacial score (nSPS) is 8.86. The third kappa shape index (κ3) is 1.75. The summed E-state index contributed by atoms with van der Waals surface area (Å²) < 4.78 is 4.43. The second-order valence-corrected chi connectivity index (χ2v) is 2.35. The van der Waals surface area contributed by atoms with Gasteiger partial charge in [-0.3, -0.25) is 4.79 Å². The standard InChI is InChI=1S/C9H6N2O3/c1-14-9(13)7-3-2-6(4-10)11-8(7)5-12/h2-3,5H,1H3. The Bertz CT molecular complexity index is 421. The van der Waals surface area contributed by atoms with Crippen molar-refractivity contribution in [1.29, 1.82) is 5.26 Å². The highest BCUT2D eigenvalue weighted by Crippen LogP contribution is 2.06. The molecule has 0 saturated heterocycles. The van der Waals surface area contributed by atoms with Crippen LogP contribution in [0.4, 0.5) is 0 Å². The van der Waals surface area contributed by atoms with Crippen LogP contribution in [-0.2, 0) is 4.74 Å². The number of hydrogen-bond acceptors (Lipinski definition) is 5. The van der Waals surface area contributed by atoms with Crippen molar-refractivity contribution in [2.45, 2.75) is 0 Å². The van der Waals surface area contributed by atoms with Gasteiger partial charge in [0.1, 0.15) is 17.5 Å². The number of methoxy groups -OCH3 is 1. The minimum absolute atomic E-state index is 0.0569. The first-order valence-corrected chi connectivity index (χ1v) is 3.67. The van der Waals surface area contributed by atoms with Gasteiger partial charge in [-0.1, -0.05) is 0 Å². The molecule has 0 unspecified atom stereocenters. The van der Waals surface area contributed by atoms with Crippen molar-refractivity contribution in [3.05, 3.63) is 29.1 Å². The van der Waals surface area contributed by atoms with Crippen molar-refractivity contribution >= 4 is 12.3 Å². The summed E-state index contributed by atoms with van der Waals surface area (Å²) in [6.45, 7) is 0. The van der Waals surface area contributed by atoms with Crippen molar-refractivity contribution in [2.75, 3.05) is 7.11 Å². The first-order chi connectivity index (χ1) is 6.72. The molecule has 0 saturated carbocycles. The zero-order valence-electron chi connectivity index (χ0n) is 7.35. The monoisotopic (exact) mass is 190 g/mol. The van der Waals surface area contributed by atoms with E-state index in [9.17, 15) is 9.59 Å². The zero-order valence-corrected chi connectivity index (χ0v) is 7.35. The molecule has 0 radical (unpaired) electrons. The van der Waals surface area contributed by atoms with Gasteiger partial charge in [-0.15, -0.1) is 0 Å². The van der Waals surface area contributed by atoms with Crippen LogP contribution in [0.3, 0.4) is 0 Å². The van der Waals surface area contributed by atoms with Crippen molar-refractivity contribution in [3.8, 4) is 6.07 Å². The van der Waals surface area contributed by atoms with Gasteiger partial charge in [0.05, 0.1) is 12.7 Å². The Hall–Kier alpha value is -2.22. The van der Waals surface area contributed by atoms with E-state index in [1.54, 1.807) is 6.07 Å². The van der Waals surface area contributed by atoms with Gasteiger partial charge in [0.2, 0.25) is 0 Å². The van der Waals surface area contributed by atoms with Gasteiger partial charge in [-0.25, -0.2) is 9.78 Å². The summed E-state index contributed by atoms with van der Waals surface area (Å²) in [4.78, 5) is 25.3. The maximum absolute atomic E-state index is 11.1. The van der Waals surface area contributed by atoms with E-state index < -0.39 is 5.97 Å².